The van der Waals surface area contributed by atoms with Crippen LogP contribution >= 0.6 is 0 Å². The molecule has 0 bridgehead atoms. The van der Waals surface area contributed by atoms with Crippen molar-refractivity contribution in [2.75, 3.05) is 11.9 Å². The van der Waals surface area contributed by atoms with E-state index in [2.05, 4.69) is 21.9 Å². The maximum Gasteiger partial charge on any atom is 0.240 e. The lowest BCUT2D eigenvalue weighted by atomic mass is 10.1. The van der Waals surface area contributed by atoms with E-state index in [-0.39, 0.29) is 24.7 Å². The molecule has 0 spiro atoms. The van der Waals surface area contributed by atoms with Gasteiger partial charge in [0.2, 0.25) is 11.8 Å². The predicted octanol–water partition coefficient (Wildman–Crippen LogP) is 5.15. The summed E-state index contributed by atoms with van der Waals surface area (Å²) >= 11 is 0. The van der Waals surface area contributed by atoms with Crippen LogP contribution in [-0.4, -0.2) is 24.6 Å². The molecule has 0 aromatic heterocycles. The Morgan fingerprint density at radius 2 is 1.69 bits per heavy atom. The van der Waals surface area contributed by atoms with Gasteiger partial charge >= 0.3 is 0 Å². The van der Waals surface area contributed by atoms with Crippen LogP contribution in [0.25, 0.3) is 0 Å². The molecule has 0 aliphatic heterocycles. The van der Waals surface area contributed by atoms with Gasteiger partial charge in [-0.25, -0.2) is 5.43 Å². The van der Waals surface area contributed by atoms with E-state index in [4.69, 9.17) is 9.47 Å². The topological polar surface area (TPSA) is 89.0 Å². The third-order valence-electron chi connectivity index (χ3n) is 5.15. The summed E-state index contributed by atoms with van der Waals surface area (Å²) in [5, 5.41) is 6.81. The highest BCUT2D eigenvalue weighted by Crippen LogP contribution is 2.29. The van der Waals surface area contributed by atoms with Crippen molar-refractivity contribution in [1.29, 1.82) is 0 Å². The van der Waals surface area contributed by atoms with Crippen LogP contribution < -0.4 is 20.2 Å². The van der Waals surface area contributed by atoms with Crippen molar-refractivity contribution in [3.63, 3.8) is 0 Å². The number of aryl methyl sites for hydroxylation is 2. The molecule has 3 aromatic carbocycles. The minimum atomic E-state index is -0.343. The third kappa shape index (κ3) is 8.30. The Hall–Kier alpha value is -4.13. The number of carbonyl (C=O) groups is 2. The highest BCUT2D eigenvalue weighted by molar-refractivity contribution is 5.94. The lowest BCUT2D eigenvalue weighted by Gasteiger charge is -2.13. The maximum atomic E-state index is 12.1. The molecule has 0 atom stereocenters. The van der Waals surface area contributed by atoms with E-state index in [0.29, 0.717) is 24.7 Å². The number of hydrogen-bond acceptors (Lipinski definition) is 5. The monoisotopic (exact) mass is 473 g/mol. The molecular weight excluding hydrogens is 442 g/mol. The Kier molecular flexibility index (Phi) is 9.42. The quantitative estimate of drug-likeness (QED) is 0.298. The highest BCUT2D eigenvalue weighted by Gasteiger charge is 2.09. The van der Waals surface area contributed by atoms with Crippen LogP contribution in [0, 0.1) is 13.8 Å². The molecule has 35 heavy (non-hydrogen) atoms. The Bertz CT molecular complexity index is 1190. The summed E-state index contributed by atoms with van der Waals surface area (Å²) in [5.41, 5.74) is 7.17. The largest absolute Gasteiger partial charge is 0.490 e. The number of hydrazone groups is 1. The van der Waals surface area contributed by atoms with Gasteiger partial charge in [-0.1, -0.05) is 48.0 Å². The Morgan fingerprint density at radius 1 is 0.886 bits per heavy atom. The van der Waals surface area contributed by atoms with Gasteiger partial charge in [0, 0.05) is 18.5 Å². The molecule has 2 amide bonds. The summed E-state index contributed by atoms with van der Waals surface area (Å²) in [5.74, 6) is 0.669. The van der Waals surface area contributed by atoms with Gasteiger partial charge in [-0.2, -0.15) is 5.10 Å². The number of ether oxygens (including phenoxy) is 2. The van der Waals surface area contributed by atoms with Crippen molar-refractivity contribution >= 4 is 23.7 Å². The molecule has 3 aromatic rings. The number of rotatable bonds is 11. The molecule has 182 valence electrons. The number of anilines is 1. The van der Waals surface area contributed by atoms with E-state index >= 15 is 0 Å². The standard InChI is InChI=1S/C28H31N3O4/c1-4-34-26-17-22(12-13-25(26)35-19-23-10-7-8-20(2)16-23)18-29-31-28(33)15-14-27(32)30-24-11-6-5-9-21(24)3/h5-13,16-18H,4,14-15,19H2,1-3H3,(H,30,32)(H,31,33). The Labute approximate surface area is 206 Å². The molecule has 0 saturated heterocycles. The van der Waals surface area contributed by atoms with Gasteiger partial charge in [0.25, 0.3) is 0 Å². The van der Waals surface area contributed by atoms with Gasteiger partial charge in [-0.05, 0) is 61.7 Å². The van der Waals surface area contributed by atoms with Gasteiger partial charge in [0.05, 0.1) is 12.8 Å². The van der Waals surface area contributed by atoms with E-state index in [0.717, 1.165) is 22.4 Å². The molecule has 7 heteroatoms. The number of nitrogens with one attached hydrogen (secondary N) is 2. The van der Waals surface area contributed by atoms with Gasteiger partial charge in [0.15, 0.2) is 11.5 Å². The summed E-state index contributed by atoms with van der Waals surface area (Å²) in [6.45, 7) is 6.78. The maximum absolute atomic E-state index is 12.1. The minimum absolute atomic E-state index is 0.0327. The lowest BCUT2D eigenvalue weighted by molar-refractivity contribution is -0.124. The SMILES string of the molecule is CCOc1cc(C=NNC(=O)CCC(=O)Nc2ccccc2C)ccc1OCc1cccc(C)c1. The van der Waals surface area contributed by atoms with Crippen molar-refractivity contribution in [3.8, 4) is 11.5 Å². The van der Waals surface area contributed by atoms with Crippen molar-refractivity contribution in [2.24, 2.45) is 5.10 Å². The molecule has 7 nitrogen and oxygen atoms in total. The van der Waals surface area contributed by atoms with Gasteiger partial charge in [0.1, 0.15) is 6.61 Å². The van der Waals surface area contributed by atoms with Crippen LogP contribution in [0.4, 0.5) is 5.69 Å². The molecule has 0 saturated carbocycles. The predicted molar refractivity (Wildman–Crippen MR) is 138 cm³/mol. The summed E-state index contributed by atoms with van der Waals surface area (Å²) in [6.07, 6.45) is 1.63. The minimum Gasteiger partial charge on any atom is -0.490 e. The fourth-order valence-electron chi connectivity index (χ4n) is 3.34. The molecule has 0 aliphatic rings. The molecule has 0 aliphatic carbocycles. The number of para-hydroxylation sites is 1. The van der Waals surface area contributed by atoms with Crippen LogP contribution in [-0.2, 0) is 16.2 Å². The Morgan fingerprint density at radius 3 is 2.46 bits per heavy atom. The smallest absolute Gasteiger partial charge is 0.240 e. The second-order valence-electron chi connectivity index (χ2n) is 8.07. The van der Waals surface area contributed by atoms with Gasteiger partial charge in [-0.15, -0.1) is 0 Å². The van der Waals surface area contributed by atoms with Crippen molar-refractivity contribution in [1.82, 2.24) is 5.43 Å². The van der Waals surface area contributed by atoms with Crippen molar-refractivity contribution < 1.29 is 19.1 Å². The first-order chi connectivity index (χ1) is 16.9. The first kappa shape index (κ1) is 25.5. The summed E-state index contributed by atoms with van der Waals surface area (Å²) in [7, 11) is 0. The molecule has 0 radical (unpaired) electrons. The molecule has 3 rings (SSSR count). The zero-order valence-electron chi connectivity index (χ0n) is 20.3. The molecule has 0 unspecified atom stereocenters. The third-order valence-corrected chi connectivity index (χ3v) is 5.15. The summed E-state index contributed by atoms with van der Waals surface area (Å²) < 4.78 is 11.7. The van der Waals surface area contributed by atoms with E-state index in [1.165, 1.54) is 11.8 Å². The van der Waals surface area contributed by atoms with Crippen LogP contribution in [0.5, 0.6) is 11.5 Å². The van der Waals surface area contributed by atoms with E-state index in [1.807, 2.05) is 75.4 Å². The Balaban J connectivity index is 1.50. The molecule has 0 heterocycles. The summed E-state index contributed by atoms with van der Waals surface area (Å²) in [4.78, 5) is 24.2. The zero-order chi connectivity index (χ0) is 25.0. The average molecular weight is 474 g/mol. The number of nitrogens with zero attached hydrogens (tertiary/aromatic N) is 1. The van der Waals surface area contributed by atoms with Crippen LogP contribution in [0.15, 0.2) is 71.8 Å². The second kappa shape index (κ2) is 12.9. The molecule has 2 N–H and O–H groups in total. The first-order valence-corrected chi connectivity index (χ1v) is 11.6. The van der Waals surface area contributed by atoms with Crippen LogP contribution in [0.2, 0.25) is 0 Å². The van der Waals surface area contributed by atoms with Gasteiger partial charge < -0.3 is 14.8 Å². The first-order valence-electron chi connectivity index (χ1n) is 11.6. The van der Waals surface area contributed by atoms with E-state index in [9.17, 15) is 9.59 Å². The van der Waals surface area contributed by atoms with Crippen molar-refractivity contribution in [3.05, 3.63) is 89.0 Å². The normalized spacial score (nSPS) is 10.7. The number of hydrogen-bond donors (Lipinski definition) is 2. The van der Waals surface area contributed by atoms with Crippen LogP contribution in [0.1, 0.15) is 42.0 Å². The average Bonchev–Trinajstić information content (AvgIpc) is 2.84. The number of amides is 2. The van der Waals surface area contributed by atoms with Crippen LogP contribution in [0.3, 0.4) is 0 Å². The second-order valence-corrected chi connectivity index (χ2v) is 8.07. The highest BCUT2D eigenvalue weighted by atomic mass is 16.5. The number of benzene rings is 3. The zero-order valence-corrected chi connectivity index (χ0v) is 20.3. The fraction of sp³-hybridized carbons (Fsp3) is 0.250. The summed E-state index contributed by atoms with van der Waals surface area (Å²) in [6, 6.07) is 21.1. The lowest BCUT2D eigenvalue weighted by Crippen LogP contribution is -2.20. The van der Waals surface area contributed by atoms with E-state index in [1.54, 1.807) is 6.07 Å². The fourth-order valence-corrected chi connectivity index (χ4v) is 3.34. The number of carbonyl (C=O) groups excluding carboxylic acids is 2. The van der Waals surface area contributed by atoms with Crippen molar-refractivity contribution in [2.45, 2.75) is 40.2 Å². The molecular formula is C28H31N3O4. The van der Waals surface area contributed by atoms with E-state index < -0.39 is 0 Å². The molecule has 0 fully saturated rings. The van der Waals surface area contributed by atoms with Gasteiger partial charge in [-0.3, -0.25) is 9.59 Å².